The zero-order valence-electron chi connectivity index (χ0n) is 8.32. The maximum Gasteiger partial charge on any atom is 0.390 e. The van der Waals surface area contributed by atoms with Crippen LogP contribution in [0.2, 0.25) is 0 Å². The fraction of sp³-hybridized carbons (Fsp3) is 0.875. The minimum atomic E-state index is -4.20. The monoisotopic (exact) mass is 212 g/mol. The molecule has 0 aliphatic carbocycles. The quantitative estimate of drug-likeness (QED) is 0.737. The van der Waals surface area contributed by atoms with Gasteiger partial charge in [-0.25, -0.2) is 0 Å². The van der Waals surface area contributed by atoms with Crippen molar-refractivity contribution in [1.82, 2.24) is 10.2 Å². The number of hydrogen-bond donors (Lipinski definition) is 1. The van der Waals surface area contributed by atoms with Crippen molar-refractivity contribution in [3.63, 3.8) is 0 Å². The molecule has 0 aromatic heterocycles. The fourth-order valence-electron chi connectivity index (χ4n) is 0.842. The van der Waals surface area contributed by atoms with E-state index in [1.165, 1.54) is 7.05 Å². The maximum absolute atomic E-state index is 11.8. The van der Waals surface area contributed by atoms with Crippen LogP contribution in [0.4, 0.5) is 13.2 Å². The first-order valence-electron chi connectivity index (χ1n) is 4.32. The molecule has 0 aliphatic heterocycles. The van der Waals surface area contributed by atoms with E-state index >= 15 is 0 Å². The molecule has 0 atom stereocenters. The standard InChI is InChI=1S/C8H15F3N2O/c1-12-5-3-7(14)13(2)6-4-8(9,10)11/h12H,3-6H2,1-2H3. The third-order valence-electron chi connectivity index (χ3n) is 1.75. The number of halogens is 3. The van der Waals surface area contributed by atoms with Crippen molar-refractivity contribution in [2.24, 2.45) is 0 Å². The molecule has 1 N–H and O–H groups in total. The van der Waals surface area contributed by atoms with Gasteiger partial charge in [-0.1, -0.05) is 0 Å². The Bertz CT molecular complexity index is 182. The van der Waals surface area contributed by atoms with Gasteiger partial charge < -0.3 is 10.2 Å². The average Bonchev–Trinajstić information content (AvgIpc) is 2.09. The lowest BCUT2D eigenvalue weighted by Gasteiger charge is -2.17. The summed E-state index contributed by atoms with van der Waals surface area (Å²) in [6.45, 7) is 0.210. The van der Waals surface area contributed by atoms with Crippen molar-refractivity contribution in [3.05, 3.63) is 0 Å². The van der Waals surface area contributed by atoms with Gasteiger partial charge in [-0.2, -0.15) is 13.2 Å². The first-order valence-corrected chi connectivity index (χ1v) is 4.32. The molecule has 6 heteroatoms. The molecule has 0 saturated carbocycles. The lowest BCUT2D eigenvalue weighted by Crippen LogP contribution is -2.32. The second kappa shape index (κ2) is 5.85. The molecule has 0 aliphatic rings. The van der Waals surface area contributed by atoms with Gasteiger partial charge in [0.05, 0.1) is 6.42 Å². The molecule has 0 unspecified atom stereocenters. The largest absolute Gasteiger partial charge is 0.390 e. The summed E-state index contributed by atoms with van der Waals surface area (Å²) in [5.74, 6) is -0.274. The number of hydrogen-bond acceptors (Lipinski definition) is 2. The van der Waals surface area contributed by atoms with Crippen LogP contribution in [0.1, 0.15) is 12.8 Å². The van der Waals surface area contributed by atoms with Gasteiger partial charge in [-0.05, 0) is 7.05 Å². The summed E-state index contributed by atoms with van der Waals surface area (Å²) in [5, 5.41) is 2.76. The predicted octanol–water partition coefficient (Wildman–Crippen LogP) is 1.01. The normalized spacial score (nSPS) is 11.5. The highest BCUT2D eigenvalue weighted by Gasteiger charge is 2.27. The van der Waals surface area contributed by atoms with Crippen molar-refractivity contribution < 1.29 is 18.0 Å². The number of nitrogens with zero attached hydrogens (tertiary/aromatic N) is 1. The fourth-order valence-corrected chi connectivity index (χ4v) is 0.842. The van der Waals surface area contributed by atoms with E-state index in [1.807, 2.05) is 0 Å². The molecular formula is C8H15F3N2O. The Morgan fingerprint density at radius 2 is 2.00 bits per heavy atom. The first-order chi connectivity index (χ1) is 6.37. The van der Waals surface area contributed by atoms with Crippen molar-refractivity contribution in [2.75, 3.05) is 27.2 Å². The van der Waals surface area contributed by atoms with Gasteiger partial charge in [0, 0.05) is 26.6 Å². The lowest BCUT2D eigenvalue weighted by molar-refractivity contribution is -0.143. The van der Waals surface area contributed by atoms with Crippen LogP contribution in [0.15, 0.2) is 0 Å². The molecule has 0 spiro atoms. The number of alkyl halides is 3. The summed E-state index contributed by atoms with van der Waals surface area (Å²) in [4.78, 5) is 12.2. The van der Waals surface area contributed by atoms with Crippen LogP contribution in [0.25, 0.3) is 0 Å². The summed E-state index contributed by atoms with van der Waals surface area (Å²) in [6, 6.07) is 0. The predicted molar refractivity (Wildman–Crippen MR) is 46.9 cm³/mol. The van der Waals surface area contributed by atoms with E-state index in [0.29, 0.717) is 6.54 Å². The van der Waals surface area contributed by atoms with E-state index in [2.05, 4.69) is 5.32 Å². The highest BCUT2D eigenvalue weighted by atomic mass is 19.4. The number of rotatable bonds is 5. The molecule has 84 valence electrons. The van der Waals surface area contributed by atoms with Crippen LogP contribution < -0.4 is 5.32 Å². The summed E-state index contributed by atoms with van der Waals surface area (Å²) in [7, 11) is 3.06. The molecule has 3 nitrogen and oxygen atoms in total. The first kappa shape index (κ1) is 13.2. The van der Waals surface area contributed by atoms with Gasteiger partial charge in [0.1, 0.15) is 0 Å². The summed E-state index contributed by atoms with van der Waals surface area (Å²) in [6.07, 6.45) is -4.92. The molecule has 14 heavy (non-hydrogen) atoms. The van der Waals surface area contributed by atoms with Crippen molar-refractivity contribution in [3.8, 4) is 0 Å². The van der Waals surface area contributed by atoms with Crippen molar-refractivity contribution in [1.29, 1.82) is 0 Å². The molecule has 0 heterocycles. The lowest BCUT2D eigenvalue weighted by atomic mass is 10.3. The van der Waals surface area contributed by atoms with Gasteiger partial charge in [0.2, 0.25) is 5.91 Å². The van der Waals surface area contributed by atoms with Crippen LogP contribution in [0.3, 0.4) is 0 Å². The van der Waals surface area contributed by atoms with Gasteiger partial charge in [0.15, 0.2) is 0 Å². The van der Waals surface area contributed by atoms with E-state index in [9.17, 15) is 18.0 Å². The van der Waals surface area contributed by atoms with Crippen LogP contribution in [-0.2, 0) is 4.79 Å². The summed E-state index contributed by atoms with van der Waals surface area (Å²) >= 11 is 0. The highest BCUT2D eigenvalue weighted by molar-refractivity contribution is 5.76. The maximum atomic E-state index is 11.8. The van der Waals surface area contributed by atoms with Crippen LogP contribution >= 0.6 is 0 Å². The van der Waals surface area contributed by atoms with Crippen LogP contribution in [-0.4, -0.2) is 44.2 Å². The second-order valence-electron chi connectivity index (χ2n) is 3.03. The topological polar surface area (TPSA) is 32.3 Å². The third kappa shape index (κ3) is 6.71. The molecule has 0 radical (unpaired) electrons. The van der Waals surface area contributed by atoms with Crippen LogP contribution in [0.5, 0.6) is 0 Å². The molecule has 0 fully saturated rings. The molecule has 0 aromatic carbocycles. The summed E-state index contributed by atoms with van der Waals surface area (Å²) in [5.41, 5.74) is 0. The number of carbonyl (C=O) groups is 1. The molecule has 0 aromatic rings. The Balaban J connectivity index is 3.73. The molecule has 0 bridgehead atoms. The zero-order valence-corrected chi connectivity index (χ0v) is 8.32. The highest BCUT2D eigenvalue weighted by Crippen LogP contribution is 2.19. The summed E-state index contributed by atoms with van der Waals surface area (Å²) < 4.78 is 35.3. The van der Waals surface area contributed by atoms with E-state index in [-0.39, 0.29) is 18.9 Å². The van der Waals surface area contributed by atoms with Crippen molar-refractivity contribution >= 4 is 5.91 Å². The minimum absolute atomic E-state index is 0.227. The van der Waals surface area contributed by atoms with E-state index in [0.717, 1.165) is 4.90 Å². The number of nitrogens with one attached hydrogen (secondary N) is 1. The van der Waals surface area contributed by atoms with Crippen LogP contribution in [0, 0.1) is 0 Å². The smallest absolute Gasteiger partial charge is 0.345 e. The molecular weight excluding hydrogens is 197 g/mol. The Kier molecular flexibility index (Phi) is 5.52. The minimum Gasteiger partial charge on any atom is -0.345 e. The Morgan fingerprint density at radius 1 is 1.43 bits per heavy atom. The second-order valence-corrected chi connectivity index (χ2v) is 3.03. The van der Waals surface area contributed by atoms with Gasteiger partial charge in [-0.3, -0.25) is 4.79 Å². The van der Waals surface area contributed by atoms with Gasteiger partial charge in [0.25, 0.3) is 0 Å². The molecule has 0 rings (SSSR count). The SMILES string of the molecule is CNCCC(=O)N(C)CCC(F)(F)F. The van der Waals surface area contributed by atoms with E-state index < -0.39 is 12.6 Å². The third-order valence-corrected chi connectivity index (χ3v) is 1.75. The van der Waals surface area contributed by atoms with Gasteiger partial charge >= 0.3 is 6.18 Å². The van der Waals surface area contributed by atoms with E-state index in [4.69, 9.17) is 0 Å². The Labute approximate surface area is 81.3 Å². The molecule has 1 amide bonds. The number of amides is 1. The number of carbonyl (C=O) groups excluding carboxylic acids is 1. The van der Waals surface area contributed by atoms with Crippen molar-refractivity contribution in [2.45, 2.75) is 19.0 Å². The Hall–Kier alpha value is -0.780. The zero-order chi connectivity index (χ0) is 11.2. The Morgan fingerprint density at radius 3 is 2.43 bits per heavy atom. The average molecular weight is 212 g/mol. The molecule has 0 saturated heterocycles. The van der Waals surface area contributed by atoms with E-state index in [1.54, 1.807) is 7.05 Å². The van der Waals surface area contributed by atoms with Gasteiger partial charge in [-0.15, -0.1) is 0 Å².